The molecule has 0 aliphatic carbocycles. The summed E-state index contributed by atoms with van der Waals surface area (Å²) >= 11 is 1.61. The van der Waals surface area contributed by atoms with Crippen molar-refractivity contribution in [1.29, 1.82) is 0 Å². The van der Waals surface area contributed by atoms with Crippen LogP contribution in [0.25, 0.3) is 0 Å². The molecule has 0 spiro atoms. The van der Waals surface area contributed by atoms with E-state index in [-0.39, 0.29) is 30.2 Å². The van der Waals surface area contributed by atoms with Gasteiger partial charge >= 0.3 is 0 Å². The van der Waals surface area contributed by atoms with Gasteiger partial charge in [0.05, 0.1) is 5.75 Å². The number of nitrogens with zero attached hydrogens (tertiary/aromatic N) is 1. The maximum atomic E-state index is 12.5. The molecule has 0 saturated carbocycles. The van der Waals surface area contributed by atoms with Crippen molar-refractivity contribution in [2.75, 3.05) is 12.3 Å². The number of rotatable bonds is 5. The molecule has 2 N–H and O–H groups in total. The lowest BCUT2D eigenvalue weighted by atomic mass is 10.00. The van der Waals surface area contributed by atoms with E-state index < -0.39 is 10.0 Å². The van der Waals surface area contributed by atoms with E-state index in [0.717, 1.165) is 24.1 Å². The van der Waals surface area contributed by atoms with Crippen molar-refractivity contribution in [1.82, 2.24) is 4.31 Å². The van der Waals surface area contributed by atoms with E-state index in [0.29, 0.717) is 13.0 Å². The third-order valence-corrected chi connectivity index (χ3v) is 6.47. The first-order chi connectivity index (χ1) is 9.00. The molecule has 1 aromatic rings. The van der Waals surface area contributed by atoms with Crippen LogP contribution < -0.4 is 5.73 Å². The number of aryl methyl sites for hydroxylation is 1. The summed E-state index contributed by atoms with van der Waals surface area (Å²) < 4.78 is 26.6. The van der Waals surface area contributed by atoms with Gasteiger partial charge in [-0.05, 0) is 37.6 Å². The van der Waals surface area contributed by atoms with Crippen molar-refractivity contribution in [3.8, 4) is 0 Å². The summed E-state index contributed by atoms with van der Waals surface area (Å²) in [5.41, 5.74) is 5.94. The van der Waals surface area contributed by atoms with Crippen molar-refractivity contribution in [3.63, 3.8) is 0 Å². The quantitative estimate of drug-likeness (QED) is 0.895. The number of piperidine rings is 1. The Balaban J connectivity index is 0.00000200. The zero-order valence-corrected chi connectivity index (χ0v) is 14.1. The Morgan fingerprint density at radius 1 is 1.50 bits per heavy atom. The van der Waals surface area contributed by atoms with E-state index in [1.54, 1.807) is 15.6 Å². The fourth-order valence-corrected chi connectivity index (χ4v) is 5.27. The van der Waals surface area contributed by atoms with E-state index in [4.69, 9.17) is 5.73 Å². The molecular weight excluding hydrogens is 316 g/mol. The normalized spacial score (nSPS) is 22.2. The lowest BCUT2D eigenvalue weighted by Crippen LogP contribution is -2.52. The van der Waals surface area contributed by atoms with Crippen LogP contribution in [0.2, 0.25) is 0 Å². The summed E-state index contributed by atoms with van der Waals surface area (Å²) in [6.45, 7) is 2.52. The zero-order chi connectivity index (χ0) is 13.9. The highest BCUT2D eigenvalue weighted by Gasteiger charge is 2.33. The van der Waals surface area contributed by atoms with Crippen LogP contribution in [0.4, 0.5) is 0 Å². The molecule has 4 nitrogen and oxygen atoms in total. The highest BCUT2D eigenvalue weighted by molar-refractivity contribution is 7.89. The van der Waals surface area contributed by atoms with Crippen molar-refractivity contribution in [3.05, 3.63) is 22.4 Å². The first-order valence-corrected chi connectivity index (χ1v) is 9.27. The van der Waals surface area contributed by atoms with Crippen LogP contribution >= 0.6 is 23.7 Å². The molecule has 0 amide bonds. The molecule has 116 valence electrons. The molecular formula is C13H23ClN2O2S2. The third kappa shape index (κ3) is 4.43. The van der Waals surface area contributed by atoms with E-state index in [9.17, 15) is 8.42 Å². The van der Waals surface area contributed by atoms with Gasteiger partial charge in [-0.1, -0.05) is 12.5 Å². The minimum Gasteiger partial charge on any atom is -0.326 e. The molecule has 2 heterocycles. The SMILES string of the molecule is CC(N)C1CCCCN1S(=O)(=O)CCc1cccs1.Cl. The van der Waals surface area contributed by atoms with Crippen molar-refractivity contribution < 1.29 is 8.42 Å². The van der Waals surface area contributed by atoms with Gasteiger partial charge in [0, 0.05) is 23.5 Å². The molecule has 0 radical (unpaired) electrons. The number of halogens is 1. The highest BCUT2D eigenvalue weighted by Crippen LogP contribution is 2.23. The minimum atomic E-state index is -3.19. The van der Waals surface area contributed by atoms with Gasteiger partial charge in [-0.3, -0.25) is 0 Å². The maximum Gasteiger partial charge on any atom is 0.214 e. The molecule has 1 fully saturated rings. The monoisotopic (exact) mass is 338 g/mol. The predicted octanol–water partition coefficient (Wildman–Crippen LogP) is 2.24. The average Bonchev–Trinajstić information content (AvgIpc) is 2.89. The summed E-state index contributed by atoms with van der Waals surface area (Å²) in [7, 11) is -3.19. The van der Waals surface area contributed by atoms with Gasteiger partial charge in [-0.15, -0.1) is 23.7 Å². The second-order valence-electron chi connectivity index (χ2n) is 5.18. The Morgan fingerprint density at radius 2 is 2.25 bits per heavy atom. The zero-order valence-electron chi connectivity index (χ0n) is 11.7. The molecule has 2 unspecified atom stereocenters. The Hall–Kier alpha value is -0.140. The summed E-state index contributed by atoms with van der Waals surface area (Å²) in [5.74, 6) is 0.191. The van der Waals surface area contributed by atoms with Gasteiger partial charge in [-0.25, -0.2) is 8.42 Å². The van der Waals surface area contributed by atoms with Crippen molar-refractivity contribution in [2.24, 2.45) is 5.73 Å². The molecule has 20 heavy (non-hydrogen) atoms. The Bertz CT molecular complexity index is 488. The summed E-state index contributed by atoms with van der Waals surface area (Å²) in [6.07, 6.45) is 3.50. The lowest BCUT2D eigenvalue weighted by Gasteiger charge is -2.36. The number of nitrogens with two attached hydrogens (primary N) is 1. The minimum absolute atomic E-state index is 0. The standard InChI is InChI=1S/C13H22N2O2S2.ClH/c1-11(14)13-6-2-3-8-15(13)19(16,17)10-7-12-5-4-9-18-12;/h4-5,9,11,13H,2-3,6-8,10,14H2,1H3;1H. The van der Waals surface area contributed by atoms with Crippen LogP contribution in [-0.2, 0) is 16.4 Å². The van der Waals surface area contributed by atoms with Crippen LogP contribution in [0.15, 0.2) is 17.5 Å². The number of hydrogen-bond acceptors (Lipinski definition) is 4. The van der Waals surface area contributed by atoms with Crippen molar-refractivity contribution >= 4 is 33.8 Å². The first kappa shape index (κ1) is 17.9. The van der Waals surface area contributed by atoms with Crippen LogP contribution in [-0.4, -0.2) is 37.1 Å². The van der Waals surface area contributed by atoms with Crippen LogP contribution in [0.5, 0.6) is 0 Å². The Labute approximate surface area is 131 Å². The van der Waals surface area contributed by atoms with E-state index in [1.165, 1.54) is 0 Å². The van der Waals surface area contributed by atoms with Crippen molar-refractivity contribution in [2.45, 2.75) is 44.7 Å². The van der Waals surface area contributed by atoms with Crippen LogP contribution in [0.3, 0.4) is 0 Å². The second kappa shape index (κ2) is 7.75. The van der Waals surface area contributed by atoms with E-state index in [2.05, 4.69) is 0 Å². The molecule has 1 aromatic heterocycles. The molecule has 7 heteroatoms. The summed E-state index contributed by atoms with van der Waals surface area (Å²) in [4.78, 5) is 1.12. The first-order valence-electron chi connectivity index (χ1n) is 6.78. The Morgan fingerprint density at radius 3 is 2.85 bits per heavy atom. The maximum absolute atomic E-state index is 12.5. The Kier molecular flexibility index (Phi) is 6.94. The smallest absolute Gasteiger partial charge is 0.214 e. The number of thiophene rings is 1. The highest BCUT2D eigenvalue weighted by atomic mass is 35.5. The topological polar surface area (TPSA) is 63.4 Å². The van der Waals surface area contributed by atoms with Gasteiger partial charge in [0.15, 0.2) is 0 Å². The van der Waals surface area contributed by atoms with Gasteiger partial charge in [0.25, 0.3) is 0 Å². The van der Waals surface area contributed by atoms with Gasteiger partial charge in [0.2, 0.25) is 10.0 Å². The van der Waals surface area contributed by atoms with Gasteiger partial charge in [0.1, 0.15) is 0 Å². The number of sulfonamides is 1. The summed E-state index contributed by atoms with van der Waals surface area (Å²) in [6, 6.07) is 3.82. The van der Waals surface area contributed by atoms with E-state index in [1.807, 2.05) is 24.4 Å². The number of hydrogen-bond donors (Lipinski definition) is 1. The van der Waals surface area contributed by atoms with Gasteiger partial charge in [-0.2, -0.15) is 4.31 Å². The second-order valence-corrected chi connectivity index (χ2v) is 8.25. The average molecular weight is 339 g/mol. The fraction of sp³-hybridized carbons (Fsp3) is 0.692. The van der Waals surface area contributed by atoms with Gasteiger partial charge < -0.3 is 5.73 Å². The largest absolute Gasteiger partial charge is 0.326 e. The predicted molar refractivity (Wildman–Crippen MR) is 87.1 cm³/mol. The molecule has 2 rings (SSSR count). The lowest BCUT2D eigenvalue weighted by molar-refractivity contribution is 0.227. The fourth-order valence-electron chi connectivity index (χ4n) is 2.60. The summed E-state index contributed by atoms with van der Waals surface area (Å²) in [5, 5.41) is 1.98. The molecule has 2 atom stereocenters. The molecule has 0 bridgehead atoms. The molecule has 1 aliphatic heterocycles. The molecule has 1 aliphatic rings. The molecule has 1 saturated heterocycles. The van der Waals surface area contributed by atoms with E-state index >= 15 is 0 Å². The van der Waals surface area contributed by atoms with Crippen LogP contribution in [0.1, 0.15) is 31.1 Å². The third-order valence-electron chi connectivity index (χ3n) is 3.65. The van der Waals surface area contributed by atoms with Crippen LogP contribution in [0, 0.1) is 0 Å². The molecule has 0 aromatic carbocycles.